The zero-order valence-electron chi connectivity index (χ0n) is 18.7. The maximum absolute atomic E-state index is 12.9. The van der Waals surface area contributed by atoms with Crippen LogP contribution >= 0.6 is 0 Å². The lowest BCUT2D eigenvalue weighted by Crippen LogP contribution is -2.55. The van der Waals surface area contributed by atoms with Crippen molar-refractivity contribution in [3.63, 3.8) is 0 Å². The molecule has 1 saturated heterocycles. The zero-order valence-corrected chi connectivity index (χ0v) is 18.7. The van der Waals surface area contributed by atoms with Gasteiger partial charge in [-0.3, -0.25) is 14.6 Å². The van der Waals surface area contributed by atoms with Crippen molar-refractivity contribution in [2.75, 3.05) is 25.6 Å². The minimum absolute atomic E-state index is 0.205. The second-order valence-electron chi connectivity index (χ2n) is 8.12. The average Bonchev–Trinajstić information content (AvgIpc) is 2.87. The summed E-state index contributed by atoms with van der Waals surface area (Å²) >= 11 is 0. The van der Waals surface area contributed by atoms with Crippen LogP contribution in [0.2, 0.25) is 0 Å². The second-order valence-corrected chi connectivity index (χ2v) is 8.12. The molecule has 2 aliphatic rings. The Morgan fingerprint density at radius 2 is 2.00 bits per heavy atom. The van der Waals surface area contributed by atoms with Crippen molar-refractivity contribution < 1.29 is 23.8 Å². The van der Waals surface area contributed by atoms with Crippen LogP contribution in [-0.2, 0) is 16.1 Å². The minimum Gasteiger partial charge on any atom is -0.486 e. The van der Waals surface area contributed by atoms with E-state index in [1.807, 2.05) is 18.2 Å². The Morgan fingerprint density at radius 1 is 1.15 bits per heavy atom. The maximum atomic E-state index is 12.9. The smallest absolute Gasteiger partial charge is 0.247 e. The highest BCUT2D eigenvalue weighted by Crippen LogP contribution is 2.30. The third-order valence-corrected chi connectivity index (χ3v) is 5.88. The number of amides is 2. The van der Waals surface area contributed by atoms with E-state index in [0.29, 0.717) is 61.0 Å². The number of carbonyl (C=O) groups excluding carboxylic acids is 2. The molecule has 0 spiro atoms. The molecule has 176 valence electrons. The molecule has 3 N–H and O–H groups in total. The number of rotatable bonds is 6. The highest BCUT2D eigenvalue weighted by atomic mass is 16.6. The largest absolute Gasteiger partial charge is 0.486 e. The van der Waals surface area contributed by atoms with Crippen LogP contribution in [0.15, 0.2) is 42.6 Å². The van der Waals surface area contributed by atoms with Crippen molar-refractivity contribution in [3.8, 4) is 17.4 Å². The Balaban J connectivity index is 1.18. The number of nitrogens with zero attached hydrogens (tertiary/aromatic N) is 2. The van der Waals surface area contributed by atoms with E-state index in [0.717, 1.165) is 11.3 Å². The number of pyridine rings is 2. The molecule has 10 heteroatoms. The van der Waals surface area contributed by atoms with Crippen LogP contribution < -0.4 is 30.2 Å². The first-order chi connectivity index (χ1) is 16.6. The van der Waals surface area contributed by atoms with Gasteiger partial charge in [0.1, 0.15) is 24.8 Å². The van der Waals surface area contributed by atoms with E-state index in [-0.39, 0.29) is 17.9 Å². The quantitative estimate of drug-likeness (QED) is 0.506. The van der Waals surface area contributed by atoms with E-state index in [9.17, 15) is 9.59 Å². The van der Waals surface area contributed by atoms with Crippen LogP contribution in [0.5, 0.6) is 17.4 Å². The Kier molecular flexibility index (Phi) is 6.13. The number of hydrogen-bond acceptors (Lipinski definition) is 8. The summed E-state index contributed by atoms with van der Waals surface area (Å²) in [6.07, 6.45) is 2.65. The molecule has 2 amide bonds. The molecule has 0 saturated carbocycles. The minimum atomic E-state index is -0.631. The lowest BCUT2D eigenvalue weighted by molar-refractivity contribution is -0.130. The summed E-state index contributed by atoms with van der Waals surface area (Å²) < 4.78 is 16.3. The predicted molar refractivity (Wildman–Crippen MR) is 124 cm³/mol. The van der Waals surface area contributed by atoms with Gasteiger partial charge in [-0.2, -0.15) is 0 Å². The van der Waals surface area contributed by atoms with Gasteiger partial charge in [0.25, 0.3) is 0 Å². The molecular weight excluding hydrogens is 438 g/mol. The Hall–Kier alpha value is -3.92. The maximum Gasteiger partial charge on any atom is 0.247 e. The molecule has 1 aromatic carbocycles. The van der Waals surface area contributed by atoms with Gasteiger partial charge < -0.3 is 30.2 Å². The van der Waals surface area contributed by atoms with Gasteiger partial charge in [-0.05, 0) is 42.7 Å². The second kappa shape index (κ2) is 9.52. The van der Waals surface area contributed by atoms with E-state index in [1.54, 1.807) is 24.4 Å². The van der Waals surface area contributed by atoms with E-state index in [2.05, 4.69) is 25.9 Å². The Bertz CT molecular complexity index is 1230. The van der Waals surface area contributed by atoms with Gasteiger partial charge in [0.2, 0.25) is 17.7 Å². The van der Waals surface area contributed by atoms with Crippen molar-refractivity contribution in [2.24, 2.45) is 0 Å². The topological polar surface area (TPSA) is 124 Å². The van der Waals surface area contributed by atoms with Gasteiger partial charge >= 0.3 is 0 Å². The van der Waals surface area contributed by atoms with Gasteiger partial charge in [0, 0.05) is 18.8 Å². The molecule has 0 bridgehead atoms. The number of methoxy groups -OCH3 is 1. The predicted octanol–water partition coefficient (Wildman–Crippen LogP) is 1.79. The number of carbonyl (C=O) groups is 2. The molecular formula is C24H25N5O5. The number of benzene rings is 1. The fourth-order valence-corrected chi connectivity index (χ4v) is 4.08. The zero-order chi connectivity index (χ0) is 23.5. The lowest BCUT2D eigenvalue weighted by Gasteiger charge is -2.29. The monoisotopic (exact) mass is 463 g/mol. The van der Waals surface area contributed by atoms with E-state index in [4.69, 9.17) is 14.2 Å². The molecule has 0 aliphatic carbocycles. The molecule has 1 fully saturated rings. The number of anilines is 1. The molecule has 2 aromatic heterocycles. The fraction of sp³-hybridized carbons (Fsp3) is 0.333. The van der Waals surface area contributed by atoms with Crippen LogP contribution in [0, 0.1) is 0 Å². The van der Waals surface area contributed by atoms with Crippen molar-refractivity contribution in [1.29, 1.82) is 0 Å². The van der Waals surface area contributed by atoms with Crippen molar-refractivity contribution in [2.45, 2.75) is 31.5 Å². The van der Waals surface area contributed by atoms with Gasteiger partial charge in [0.05, 0.1) is 24.4 Å². The molecule has 0 unspecified atom stereocenters. The third kappa shape index (κ3) is 4.58. The molecule has 2 atom stereocenters. The normalized spacial score (nSPS) is 19.4. The Morgan fingerprint density at radius 3 is 2.82 bits per heavy atom. The number of fused-ring (bicyclic) bond motifs is 2. The van der Waals surface area contributed by atoms with Crippen molar-refractivity contribution in [3.05, 3.63) is 48.2 Å². The first-order valence-electron chi connectivity index (χ1n) is 11.1. The number of hydrogen-bond donors (Lipinski definition) is 3. The standard InChI is InChI=1S/C24H25N5O5/c1-32-21-7-5-15-22(29-21)16(8-9-25-15)27-24(31)18-4-3-17(23(30)28-18)26-13-14-2-6-19-20(12-14)34-11-10-33-19/h2,5-9,12,17-18,26H,3-4,10-11,13H2,1H3,(H,28,30)(H,25,27,31)/t17-,18+/m1/s1. The number of ether oxygens (including phenoxy) is 3. The third-order valence-electron chi connectivity index (χ3n) is 5.88. The average molecular weight is 463 g/mol. The van der Waals surface area contributed by atoms with Crippen LogP contribution in [0.25, 0.3) is 11.0 Å². The van der Waals surface area contributed by atoms with Crippen LogP contribution in [-0.4, -0.2) is 54.2 Å². The van der Waals surface area contributed by atoms with Crippen LogP contribution in [0.4, 0.5) is 5.69 Å². The summed E-state index contributed by atoms with van der Waals surface area (Å²) in [6, 6.07) is 9.88. The van der Waals surface area contributed by atoms with Crippen molar-refractivity contribution in [1.82, 2.24) is 20.6 Å². The molecule has 3 aromatic rings. The Labute approximate surface area is 196 Å². The summed E-state index contributed by atoms with van der Waals surface area (Å²) in [5, 5.41) is 8.96. The van der Waals surface area contributed by atoms with Crippen molar-refractivity contribution >= 4 is 28.5 Å². The first kappa shape index (κ1) is 21.9. The van der Waals surface area contributed by atoms with Gasteiger partial charge in [-0.15, -0.1) is 0 Å². The van der Waals surface area contributed by atoms with E-state index in [1.165, 1.54) is 7.11 Å². The summed E-state index contributed by atoms with van der Waals surface area (Å²) in [7, 11) is 1.53. The van der Waals surface area contributed by atoms with E-state index >= 15 is 0 Å². The van der Waals surface area contributed by atoms with Crippen LogP contribution in [0.1, 0.15) is 18.4 Å². The summed E-state index contributed by atoms with van der Waals surface area (Å²) in [6.45, 7) is 1.57. The summed E-state index contributed by atoms with van der Waals surface area (Å²) in [4.78, 5) is 34.2. The number of nitrogens with one attached hydrogen (secondary N) is 3. The number of aromatic nitrogens is 2. The lowest BCUT2D eigenvalue weighted by atomic mass is 9.99. The molecule has 0 radical (unpaired) electrons. The molecule has 2 aliphatic heterocycles. The first-order valence-corrected chi connectivity index (χ1v) is 11.1. The summed E-state index contributed by atoms with van der Waals surface area (Å²) in [5.74, 6) is 1.37. The fourth-order valence-electron chi connectivity index (χ4n) is 4.08. The van der Waals surface area contributed by atoms with Gasteiger partial charge in [-0.1, -0.05) is 6.07 Å². The highest BCUT2D eigenvalue weighted by molar-refractivity contribution is 6.03. The number of piperidine rings is 1. The molecule has 4 heterocycles. The van der Waals surface area contributed by atoms with E-state index < -0.39 is 6.04 Å². The van der Waals surface area contributed by atoms with Gasteiger partial charge in [-0.25, -0.2) is 4.98 Å². The summed E-state index contributed by atoms with van der Waals surface area (Å²) in [5.41, 5.74) is 2.66. The SMILES string of the molecule is COc1ccc2nccc(NC(=O)[C@@H]3CC[C@@H](NCc4ccc5c(c4)OCCO5)C(=O)N3)c2n1. The van der Waals surface area contributed by atoms with Crippen LogP contribution in [0.3, 0.4) is 0 Å². The molecule has 10 nitrogen and oxygen atoms in total. The highest BCUT2D eigenvalue weighted by Gasteiger charge is 2.31. The molecule has 34 heavy (non-hydrogen) atoms. The van der Waals surface area contributed by atoms with Gasteiger partial charge in [0.15, 0.2) is 11.5 Å². The molecule has 5 rings (SSSR count).